The molecule has 1 heterocycles. The summed E-state index contributed by atoms with van der Waals surface area (Å²) in [5.74, 6) is -3.50. The minimum atomic E-state index is -2.63. The summed E-state index contributed by atoms with van der Waals surface area (Å²) in [5, 5.41) is 20.1. The summed E-state index contributed by atoms with van der Waals surface area (Å²) >= 11 is 0. The molecule has 1 saturated carbocycles. The van der Waals surface area contributed by atoms with Gasteiger partial charge in [-0.3, -0.25) is 4.98 Å². The zero-order valence-corrected chi connectivity index (χ0v) is 15.7. The maximum absolute atomic E-state index is 13.2. The molecule has 27 heavy (non-hydrogen) atoms. The average Bonchev–Trinajstić information content (AvgIpc) is 2.56. The molecule has 0 spiro atoms. The van der Waals surface area contributed by atoms with E-state index >= 15 is 0 Å². The Balaban J connectivity index is 2.08. The van der Waals surface area contributed by atoms with Crippen LogP contribution in [0.25, 0.3) is 0 Å². The number of hydrogen-bond donors (Lipinski definition) is 3. The van der Waals surface area contributed by atoms with Gasteiger partial charge in [-0.15, -0.1) is 0 Å². The molecular formula is C19H28F2N2O4. The van der Waals surface area contributed by atoms with Crippen molar-refractivity contribution in [3.63, 3.8) is 0 Å². The van der Waals surface area contributed by atoms with Gasteiger partial charge in [-0.25, -0.2) is 13.6 Å². The van der Waals surface area contributed by atoms with Crippen LogP contribution in [-0.2, 0) is 11.2 Å². The summed E-state index contributed by atoms with van der Waals surface area (Å²) in [7, 11) is 0. The molecule has 2 rings (SSSR count). The van der Waals surface area contributed by atoms with E-state index in [0.29, 0.717) is 17.9 Å². The molecule has 0 saturated heterocycles. The Hall–Kier alpha value is -1.80. The van der Waals surface area contributed by atoms with Crippen LogP contribution in [0, 0.1) is 5.92 Å². The van der Waals surface area contributed by atoms with E-state index in [-0.39, 0.29) is 44.1 Å². The topological polar surface area (TPSA) is 106 Å². The van der Waals surface area contributed by atoms with E-state index in [1.165, 1.54) is 12.3 Å². The molecule has 1 aliphatic carbocycles. The second-order valence-corrected chi connectivity index (χ2v) is 7.80. The fraction of sp³-hybridized carbons (Fsp3) is 0.684. The standard InChI is InChI=1S/C19H28F2N2O4/c1-12(2)9-16(22)19(26,17(24)25)11-13-10-15(5-8-23-13)27-14-3-6-18(20,21)7-4-14/h5,8,10,12,14,16,26H,3-4,6-7,9,11,22H2,1-2H3,(H,24,25)/t16-,19+/m0/s1. The molecule has 4 N–H and O–H groups in total. The fourth-order valence-electron chi connectivity index (χ4n) is 3.29. The lowest BCUT2D eigenvalue weighted by Crippen LogP contribution is -2.56. The van der Waals surface area contributed by atoms with E-state index in [1.54, 1.807) is 6.07 Å². The van der Waals surface area contributed by atoms with Gasteiger partial charge in [0.1, 0.15) is 5.75 Å². The van der Waals surface area contributed by atoms with Crippen LogP contribution in [0.15, 0.2) is 18.3 Å². The van der Waals surface area contributed by atoms with E-state index < -0.39 is 23.5 Å². The molecule has 0 amide bonds. The predicted octanol–water partition coefficient (Wildman–Crippen LogP) is 2.77. The number of aliphatic hydroxyl groups is 1. The first kappa shape index (κ1) is 21.5. The molecule has 0 aromatic carbocycles. The zero-order chi connectivity index (χ0) is 20.2. The number of hydrogen-bond acceptors (Lipinski definition) is 5. The number of alkyl halides is 2. The lowest BCUT2D eigenvalue weighted by molar-refractivity contribution is -0.161. The molecule has 2 atom stereocenters. The van der Waals surface area contributed by atoms with Crippen LogP contribution in [0.4, 0.5) is 8.78 Å². The first-order chi connectivity index (χ1) is 12.5. The number of rotatable bonds is 8. The first-order valence-electron chi connectivity index (χ1n) is 9.22. The number of pyridine rings is 1. The first-order valence-corrected chi connectivity index (χ1v) is 9.22. The van der Waals surface area contributed by atoms with Gasteiger partial charge in [0, 0.05) is 43.3 Å². The summed E-state index contributed by atoms with van der Waals surface area (Å²) in [4.78, 5) is 15.8. The molecule has 0 aliphatic heterocycles. The van der Waals surface area contributed by atoms with Crippen LogP contribution in [-0.4, -0.2) is 44.8 Å². The van der Waals surface area contributed by atoms with Crippen LogP contribution >= 0.6 is 0 Å². The SMILES string of the molecule is CC(C)C[C@H](N)[C@](O)(Cc1cc(OC2CCC(F)(F)CC2)ccn1)C(=O)O. The Kier molecular flexibility index (Phi) is 6.75. The van der Waals surface area contributed by atoms with Gasteiger partial charge >= 0.3 is 5.97 Å². The third kappa shape index (κ3) is 5.84. The highest BCUT2D eigenvalue weighted by atomic mass is 19.3. The van der Waals surface area contributed by atoms with Gasteiger partial charge in [0.25, 0.3) is 0 Å². The number of nitrogens with zero attached hydrogens (tertiary/aromatic N) is 1. The summed E-state index contributed by atoms with van der Waals surface area (Å²) in [6, 6.07) is 2.16. The normalized spacial score (nSPS) is 20.9. The van der Waals surface area contributed by atoms with E-state index in [9.17, 15) is 23.8 Å². The maximum Gasteiger partial charge on any atom is 0.337 e. The van der Waals surface area contributed by atoms with Gasteiger partial charge in [0.15, 0.2) is 5.60 Å². The van der Waals surface area contributed by atoms with Crippen molar-refractivity contribution in [1.29, 1.82) is 0 Å². The Morgan fingerprint density at radius 3 is 2.63 bits per heavy atom. The maximum atomic E-state index is 13.2. The van der Waals surface area contributed by atoms with E-state index in [0.717, 1.165) is 0 Å². The van der Waals surface area contributed by atoms with Crippen LogP contribution < -0.4 is 10.5 Å². The molecular weight excluding hydrogens is 358 g/mol. The molecule has 0 bridgehead atoms. The second kappa shape index (κ2) is 8.48. The van der Waals surface area contributed by atoms with E-state index in [1.807, 2.05) is 13.8 Å². The molecule has 152 valence electrons. The number of aromatic nitrogens is 1. The summed E-state index contributed by atoms with van der Waals surface area (Å²) in [6.07, 6.45) is 1.29. The molecule has 1 aliphatic rings. The second-order valence-electron chi connectivity index (χ2n) is 7.80. The smallest absolute Gasteiger partial charge is 0.337 e. The number of aliphatic carboxylic acids is 1. The quantitative estimate of drug-likeness (QED) is 0.634. The number of carbonyl (C=O) groups is 1. The van der Waals surface area contributed by atoms with Gasteiger partial charge < -0.3 is 20.7 Å². The number of ether oxygens (including phenoxy) is 1. The van der Waals surface area contributed by atoms with Gasteiger partial charge in [-0.1, -0.05) is 13.8 Å². The van der Waals surface area contributed by atoms with E-state index in [2.05, 4.69) is 4.98 Å². The average molecular weight is 386 g/mol. The van der Waals surface area contributed by atoms with E-state index in [4.69, 9.17) is 10.5 Å². The number of carboxylic acids is 1. The molecule has 0 radical (unpaired) electrons. The Bertz CT molecular complexity index is 646. The van der Waals surface area contributed by atoms with Crippen molar-refractivity contribution in [1.82, 2.24) is 4.98 Å². The molecule has 1 fully saturated rings. The summed E-state index contributed by atoms with van der Waals surface area (Å²) in [5.41, 5.74) is 4.12. The van der Waals surface area contributed by atoms with Crippen molar-refractivity contribution in [2.24, 2.45) is 11.7 Å². The Morgan fingerprint density at radius 1 is 1.44 bits per heavy atom. The van der Waals surface area contributed by atoms with Crippen LogP contribution in [0.2, 0.25) is 0 Å². The number of halogens is 2. The van der Waals surface area contributed by atoms with Crippen molar-refractivity contribution in [3.05, 3.63) is 24.0 Å². The minimum Gasteiger partial charge on any atom is -0.490 e. The van der Waals surface area contributed by atoms with Gasteiger partial charge in [-0.2, -0.15) is 0 Å². The fourth-order valence-corrected chi connectivity index (χ4v) is 3.29. The zero-order valence-electron chi connectivity index (χ0n) is 15.7. The highest BCUT2D eigenvalue weighted by Crippen LogP contribution is 2.35. The number of nitrogens with two attached hydrogens (primary N) is 1. The minimum absolute atomic E-state index is 0.123. The number of carboxylic acid groups (broad SMARTS) is 1. The predicted molar refractivity (Wildman–Crippen MR) is 95.8 cm³/mol. The van der Waals surface area contributed by atoms with Crippen LogP contribution in [0.5, 0.6) is 5.75 Å². The third-order valence-corrected chi connectivity index (χ3v) is 4.91. The van der Waals surface area contributed by atoms with Gasteiger partial charge in [0.2, 0.25) is 5.92 Å². The molecule has 8 heteroatoms. The van der Waals surface area contributed by atoms with Gasteiger partial charge in [-0.05, 0) is 31.2 Å². The molecule has 1 aromatic heterocycles. The highest BCUT2D eigenvalue weighted by Gasteiger charge is 2.43. The van der Waals surface area contributed by atoms with Crippen molar-refractivity contribution >= 4 is 5.97 Å². The van der Waals surface area contributed by atoms with Crippen molar-refractivity contribution in [3.8, 4) is 5.75 Å². The van der Waals surface area contributed by atoms with Crippen molar-refractivity contribution in [2.75, 3.05) is 0 Å². The molecule has 0 unspecified atom stereocenters. The summed E-state index contributed by atoms with van der Waals surface area (Å²) in [6.45, 7) is 3.78. The van der Waals surface area contributed by atoms with Gasteiger partial charge in [0.05, 0.1) is 6.10 Å². The largest absolute Gasteiger partial charge is 0.490 e. The summed E-state index contributed by atoms with van der Waals surface area (Å²) < 4.78 is 32.3. The monoisotopic (exact) mass is 386 g/mol. The van der Waals surface area contributed by atoms with Crippen LogP contribution in [0.3, 0.4) is 0 Å². The highest BCUT2D eigenvalue weighted by molar-refractivity contribution is 5.78. The molecule has 1 aromatic rings. The van der Waals surface area contributed by atoms with Crippen molar-refractivity contribution < 1.29 is 28.5 Å². The lowest BCUT2D eigenvalue weighted by atomic mass is 9.84. The Morgan fingerprint density at radius 2 is 2.07 bits per heavy atom. The Labute approximate surface area is 157 Å². The third-order valence-electron chi connectivity index (χ3n) is 4.91. The van der Waals surface area contributed by atoms with Crippen molar-refractivity contribution in [2.45, 2.75) is 76.0 Å². The molecule has 6 nitrogen and oxygen atoms in total. The lowest BCUT2D eigenvalue weighted by Gasteiger charge is -2.31. The van der Waals surface area contributed by atoms with Crippen LogP contribution in [0.1, 0.15) is 51.6 Å².